The lowest BCUT2D eigenvalue weighted by Crippen LogP contribution is -2.40. The van der Waals surface area contributed by atoms with Crippen LogP contribution in [0.1, 0.15) is 31.4 Å². The van der Waals surface area contributed by atoms with E-state index in [0.717, 1.165) is 25.7 Å². The van der Waals surface area contributed by atoms with Gasteiger partial charge in [0.2, 0.25) is 0 Å². The van der Waals surface area contributed by atoms with Gasteiger partial charge in [-0.3, -0.25) is 14.9 Å². The Morgan fingerprint density at radius 3 is 2.50 bits per heavy atom. The molecule has 1 saturated heterocycles. The molecule has 2 rings (SSSR count). The number of carbonyl (C=O) groups excluding carboxylic acids is 2. The SMILES string of the molecule is Cc1cc(NC(=O)C(=O)N2CCCCCC2)no1. The third-order valence-electron chi connectivity index (χ3n) is 2.96. The lowest BCUT2D eigenvalue weighted by molar-refractivity contribution is -0.143. The first kappa shape index (κ1) is 12.6. The summed E-state index contributed by atoms with van der Waals surface area (Å²) in [5, 5.41) is 6.07. The minimum absolute atomic E-state index is 0.278. The van der Waals surface area contributed by atoms with Crippen molar-refractivity contribution in [2.24, 2.45) is 0 Å². The van der Waals surface area contributed by atoms with Gasteiger partial charge in [0.25, 0.3) is 0 Å². The highest BCUT2D eigenvalue weighted by atomic mass is 16.5. The summed E-state index contributed by atoms with van der Waals surface area (Å²) in [6.45, 7) is 3.04. The maximum absolute atomic E-state index is 11.9. The van der Waals surface area contributed by atoms with Crippen LogP contribution in [0.2, 0.25) is 0 Å². The highest BCUT2D eigenvalue weighted by Crippen LogP contribution is 2.11. The number of carbonyl (C=O) groups is 2. The molecule has 0 spiro atoms. The maximum atomic E-state index is 11.9. The average molecular weight is 251 g/mol. The normalized spacial score (nSPS) is 16.2. The number of aryl methyl sites for hydroxylation is 1. The average Bonchev–Trinajstić information content (AvgIpc) is 2.62. The summed E-state index contributed by atoms with van der Waals surface area (Å²) < 4.78 is 4.82. The summed E-state index contributed by atoms with van der Waals surface area (Å²) in [5.74, 6) is -0.268. The van der Waals surface area contributed by atoms with E-state index in [1.807, 2.05) is 0 Å². The standard InChI is InChI=1S/C12H17N3O3/c1-9-8-10(14-18-9)13-11(16)12(17)15-6-4-2-3-5-7-15/h8H,2-7H2,1H3,(H,13,14,16). The van der Waals surface area contributed by atoms with E-state index < -0.39 is 11.8 Å². The molecule has 6 nitrogen and oxygen atoms in total. The van der Waals surface area contributed by atoms with Gasteiger partial charge in [0.1, 0.15) is 5.76 Å². The molecule has 0 unspecified atom stereocenters. The zero-order valence-electron chi connectivity index (χ0n) is 10.4. The highest BCUT2D eigenvalue weighted by molar-refractivity contribution is 6.39. The molecule has 0 bridgehead atoms. The molecule has 1 N–H and O–H groups in total. The van der Waals surface area contributed by atoms with Gasteiger partial charge < -0.3 is 9.42 Å². The van der Waals surface area contributed by atoms with Crippen LogP contribution < -0.4 is 5.32 Å². The van der Waals surface area contributed by atoms with Gasteiger partial charge in [0.15, 0.2) is 5.82 Å². The van der Waals surface area contributed by atoms with Crippen LogP contribution in [0.5, 0.6) is 0 Å². The lowest BCUT2D eigenvalue weighted by Gasteiger charge is -2.18. The smallest absolute Gasteiger partial charge is 0.315 e. The van der Waals surface area contributed by atoms with Crippen LogP contribution in [0.4, 0.5) is 5.82 Å². The van der Waals surface area contributed by atoms with Gasteiger partial charge in [0, 0.05) is 19.2 Å². The molecule has 1 fully saturated rings. The molecule has 0 radical (unpaired) electrons. The zero-order valence-corrected chi connectivity index (χ0v) is 10.4. The zero-order chi connectivity index (χ0) is 13.0. The molecule has 0 saturated carbocycles. The Balaban J connectivity index is 1.93. The molecular weight excluding hydrogens is 234 g/mol. The number of nitrogens with zero attached hydrogens (tertiary/aromatic N) is 2. The maximum Gasteiger partial charge on any atom is 0.315 e. The van der Waals surface area contributed by atoms with E-state index >= 15 is 0 Å². The second-order valence-corrected chi connectivity index (χ2v) is 4.48. The molecule has 18 heavy (non-hydrogen) atoms. The van der Waals surface area contributed by atoms with Crippen LogP contribution in [0.25, 0.3) is 0 Å². The quantitative estimate of drug-likeness (QED) is 0.764. The number of hydrogen-bond donors (Lipinski definition) is 1. The first-order valence-corrected chi connectivity index (χ1v) is 6.20. The Labute approximate surface area is 105 Å². The van der Waals surface area contributed by atoms with Crippen LogP contribution in [0, 0.1) is 6.92 Å². The van der Waals surface area contributed by atoms with E-state index in [1.165, 1.54) is 0 Å². The Morgan fingerprint density at radius 2 is 1.94 bits per heavy atom. The fourth-order valence-electron chi connectivity index (χ4n) is 2.01. The Bertz CT molecular complexity index is 434. The molecule has 2 amide bonds. The van der Waals surface area contributed by atoms with Crippen molar-refractivity contribution in [1.82, 2.24) is 10.1 Å². The summed E-state index contributed by atoms with van der Waals surface area (Å²) >= 11 is 0. The molecule has 0 atom stereocenters. The van der Waals surface area contributed by atoms with E-state index in [1.54, 1.807) is 17.9 Å². The van der Waals surface area contributed by atoms with Crippen LogP contribution in [0.15, 0.2) is 10.6 Å². The Kier molecular flexibility index (Phi) is 3.96. The summed E-state index contributed by atoms with van der Waals surface area (Å²) in [5.41, 5.74) is 0. The van der Waals surface area contributed by atoms with Gasteiger partial charge in [-0.15, -0.1) is 0 Å². The third-order valence-corrected chi connectivity index (χ3v) is 2.96. The minimum Gasteiger partial charge on any atom is -0.360 e. The fourth-order valence-corrected chi connectivity index (χ4v) is 2.01. The van der Waals surface area contributed by atoms with Crippen LogP contribution >= 0.6 is 0 Å². The van der Waals surface area contributed by atoms with Crippen molar-refractivity contribution in [2.75, 3.05) is 18.4 Å². The van der Waals surface area contributed by atoms with E-state index in [9.17, 15) is 9.59 Å². The second-order valence-electron chi connectivity index (χ2n) is 4.48. The number of aromatic nitrogens is 1. The minimum atomic E-state index is -0.648. The first-order chi connectivity index (χ1) is 8.66. The van der Waals surface area contributed by atoms with Crippen molar-refractivity contribution in [2.45, 2.75) is 32.6 Å². The lowest BCUT2D eigenvalue weighted by atomic mass is 10.2. The molecule has 1 aromatic rings. The van der Waals surface area contributed by atoms with Crippen molar-refractivity contribution in [3.63, 3.8) is 0 Å². The van der Waals surface area contributed by atoms with Crippen molar-refractivity contribution >= 4 is 17.6 Å². The molecule has 1 aromatic heterocycles. The molecular formula is C12H17N3O3. The summed E-state index contributed by atoms with van der Waals surface area (Å²) in [7, 11) is 0. The van der Waals surface area contributed by atoms with Gasteiger partial charge in [0.05, 0.1) is 0 Å². The van der Waals surface area contributed by atoms with E-state index in [2.05, 4.69) is 10.5 Å². The predicted octanol–water partition coefficient (Wildman–Crippen LogP) is 1.32. The summed E-state index contributed by atoms with van der Waals surface area (Å²) in [6, 6.07) is 1.58. The number of hydrogen-bond acceptors (Lipinski definition) is 4. The predicted molar refractivity (Wildman–Crippen MR) is 64.9 cm³/mol. The number of nitrogens with one attached hydrogen (secondary N) is 1. The van der Waals surface area contributed by atoms with Crippen molar-refractivity contribution < 1.29 is 14.1 Å². The first-order valence-electron chi connectivity index (χ1n) is 6.20. The van der Waals surface area contributed by atoms with E-state index in [-0.39, 0.29) is 5.82 Å². The topological polar surface area (TPSA) is 75.4 Å². The third kappa shape index (κ3) is 3.09. The molecule has 0 aromatic carbocycles. The molecule has 1 aliphatic rings. The molecule has 98 valence electrons. The van der Waals surface area contributed by atoms with Crippen LogP contribution in [0.3, 0.4) is 0 Å². The molecule has 2 heterocycles. The van der Waals surface area contributed by atoms with Crippen molar-refractivity contribution in [1.29, 1.82) is 0 Å². The van der Waals surface area contributed by atoms with Crippen molar-refractivity contribution in [3.8, 4) is 0 Å². The second kappa shape index (κ2) is 5.66. The van der Waals surface area contributed by atoms with Crippen molar-refractivity contribution in [3.05, 3.63) is 11.8 Å². The van der Waals surface area contributed by atoms with Crippen LogP contribution in [-0.4, -0.2) is 35.0 Å². The fraction of sp³-hybridized carbons (Fsp3) is 0.583. The van der Waals surface area contributed by atoms with Crippen LogP contribution in [-0.2, 0) is 9.59 Å². The van der Waals surface area contributed by atoms with E-state index in [4.69, 9.17) is 4.52 Å². The monoisotopic (exact) mass is 251 g/mol. The molecule has 6 heteroatoms. The van der Waals surface area contributed by atoms with Gasteiger partial charge in [-0.25, -0.2) is 0 Å². The van der Waals surface area contributed by atoms with Gasteiger partial charge in [-0.1, -0.05) is 18.0 Å². The van der Waals surface area contributed by atoms with E-state index in [0.29, 0.717) is 18.8 Å². The molecule has 1 aliphatic heterocycles. The largest absolute Gasteiger partial charge is 0.360 e. The highest BCUT2D eigenvalue weighted by Gasteiger charge is 2.23. The Morgan fingerprint density at radius 1 is 1.28 bits per heavy atom. The number of anilines is 1. The Hall–Kier alpha value is -1.85. The van der Waals surface area contributed by atoms with Gasteiger partial charge in [-0.2, -0.15) is 0 Å². The van der Waals surface area contributed by atoms with Gasteiger partial charge in [-0.05, 0) is 19.8 Å². The number of likely N-dealkylation sites (tertiary alicyclic amines) is 1. The number of amides is 2. The van der Waals surface area contributed by atoms with Gasteiger partial charge >= 0.3 is 11.8 Å². The summed E-state index contributed by atoms with van der Waals surface area (Å²) in [4.78, 5) is 25.3. The number of rotatable bonds is 1. The molecule has 0 aliphatic carbocycles. The summed E-state index contributed by atoms with van der Waals surface area (Å²) in [6.07, 6.45) is 4.16.